The smallest absolute Gasteiger partial charge is 0.451 e. The van der Waals surface area contributed by atoms with Crippen LogP contribution < -0.4 is 16.8 Å². The maximum absolute atomic E-state index is 11.3. The Morgan fingerprint density at radius 3 is 2.20 bits per heavy atom. The van der Waals surface area contributed by atoms with Crippen LogP contribution in [0.2, 0.25) is 6.32 Å². The minimum Gasteiger partial charge on any atom is -0.480 e. The number of guanidine groups is 1. The second kappa shape index (κ2) is 12.0. The van der Waals surface area contributed by atoms with E-state index in [2.05, 4.69) is 10.3 Å². The zero-order valence-electron chi connectivity index (χ0n) is 11.3. The van der Waals surface area contributed by atoms with Crippen molar-refractivity contribution in [3.05, 3.63) is 0 Å². The van der Waals surface area contributed by atoms with Gasteiger partial charge < -0.3 is 31.9 Å². The van der Waals surface area contributed by atoms with Crippen LogP contribution in [-0.4, -0.2) is 53.3 Å². The molecule has 0 radical (unpaired) electrons. The van der Waals surface area contributed by atoms with Gasteiger partial charge >= 0.3 is 13.1 Å². The van der Waals surface area contributed by atoms with Crippen LogP contribution in [0.15, 0.2) is 4.99 Å². The summed E-state index contributed by atoms with van der Waals surface area (Å²) in [6.07, 6.45) is 1.53. The number of nitrogens with two attached hydrogens (primary N) is 2. The zero-order valence-corrected chi connectivity index (χ0v) is 12.9. The minimum absolute atomic E-state index is 0. The van der Waals surface area contributed by atoms with Crippen LogP contribution in [0.5, 0.6) is 0 Å². The summed E-state index contributed by atoms with van der Waals surface area (Å²) in [5.41, 5.74) is 9.15. The number of rotatable bonds is 9. The van der Waals surface area contributed by atoms with Crippen LogP contribution in [0.4, 0.5) is 0 Å². The number of aliphatic carboxylic acids is 1. The number of carbonyl (C=O) groups is 1. The third kappa shape index (κ3) is 9.21. The van der Waals surface area contributed by atoms with Gasteiger partial charge in [0, 0.05) is 0 Å². The second-order valence-corrected chi connectivity index (χ2v) is 4.10. The molecule has 0 rings (SSSR count). The highest BCUT2D eigenvalue weighted by Gasteiger charge is 2.36. The predicted octanol–water partition coefficient (Wildman–Crippen LogP) is -1.21. The van der Waals surface area contributed by atoms with E-state index in [1.165, 1.54) is 7.05 Å². The molecular weight excluding hydrogens is 310 g/mol. The van der Waals surface area contributed by atoms with Crippen molar-refractivity contribution in [2.45, 2.75) is 31.1 Å². The Kier molecular flexibility index (Phi) is 14.6. The van der Waals surface area contributed by atoms with Gasteiger partial charge in [-0.05, 0) is 19.8 Å². The highest BCUT2D eigenvalue weighted by molar-refractivity contribution is 6.40. The molecule has 8 N–H and O–H groups in total. The Balaban J connectivity index is -0.00000144. The van der Waals surface area contributed by atoms with Crippen molar-refractivity contribution in [3.63, 3.8) is 0 Å². The zero-order chi connectivity index (χ0) is 14.2. The summed E-state index contributed by atoms with van der Waals surface area (Å²) < 4.78 is 0. The normalized spacial score (nSPS) is 12.3. The van der Waals surface area contributed by atoms with Crippen LogP contribution in [0, 0.1) is 0 Å². The molecule has 0 aliphatic heterocycles. The third-order valence-electron chi connectivity index (χ3n) is 2.74. The molecule has 0 amide bonds. The van der Waals surface area contributed by atoms with Crippen molar-refractivity contribution < 1.29 is 19.9 Å². The van der Waals surface area contributed by atoms with E-state index < -0.39 is 18.6 Å². The third-order valence-corrected chi connectivity index (χ3v) is 2.74. The molecule has 0 heterocycles. The largest absolute Gasteiger partial charge is 0.480 e. The summed E-state index contributed by atoms with van der Waals surface area (Å²) in [5.74, 6) is -1.21. The number of nitrogens with zero attached hydrogens (tertiary/aromatic N) is 1. The van der Waals surface area contributed by atoms with E-state index in [1.54, 1.807) is 0 Å². The SMILES string of the molecule is CNC(CCCCB(O)O)(CN=C(N)N)C(=O)O.Cl.Cl. The van der Waals surface area contributed by atoms with E-state index in [1.807, 2.05) is 0 Å². The molecule has 0 bridgehead atoms. The standard InChI is InChI=1S/C9H21BN4O4.2ClH/c1-13-9(7(15)16,6-14-8(11)12)4-2-3-5-10(17)18;;/h13,17-18H,2-6H2,1H3,(H,15,16)(H4,11,12,14);2*1H. The Hall–Kier alpha value is -0.735. The van der Waals surface area contributed by atoms with Crippen molar-refractivity contribution in [3.8, 4) is 0 Å². The number of unbranched alkanes of at least 4 members (excludes halogenated alkanes) is 1. The monoisotopic (exact) mass is 332 g/mol. The van der Waals surface area contributed by atoms with Crippen molar-refractivity contribution in [1.82, 2.24) is 5.32 Å². The van der Waals surface area contributed by atoms with Gasteiger partial charge in [-0.15, -0.1) is 24.8 Å². The molecule has 0 aliphatic rings. The number of hydrogen-bond donors (Lipinski definition) is 6. The maximum atomic E-state index is 11.3. The van der Waals surface area contributed by atoms with Crippen LogP contribution >= 0.6 is 24.8 Å². The lowest BCUT2D eigenvalue weighted by Gasteiger charge is -2.27. The van der Waals surface area contributed by atoms with Crippen molar-refractivity contribution >= 4 is 43.9 Å². The summed E-state index contributed by atoms with van der Waals surface area (Å²) in [5, 5.41) is 29.3. The van der Waals surface area contributed by atoms with Gasteiger partial charge in [-0.1, -0.05) is 12.8 Å². The fourth-order valence-corrected chi connectivity index (χ4v) is 1.54. The van der Waals surface area contributed by atoms with E-state index in [9.17, 15) is 9.90 Å². The molecule has 0 spiro atoms. The van der Waals surface area contributed by atoms with E-state index in [-0.39, 0.29) is 43.6 Å². The van der Waals surface area contributed by atoms with E-state index in [0.717, 1.165) is 0 Å². The van der Waals surface area contributed by atoms with Gasteiger partial charge in [0.2, 0.25) is 0 Å². The average molecular weight is 333 g/mol. The van der Waals surface area contributed by atoms with Crippen LogP contribution in [0.3, 0.4) is 0 Å². The second-order valence-electron chi connectivity index (χ2n) is 4.10. The molecule has 0 aromatic heterocycles. The van der Waals surface area contributed by atoms with E-state index in [4.69, 9.17) is 21.5 Å². The summed E-state index contributed by atoms with van der Waals surface area (Å²) in [4.78, 5) is 15.0. The molecule has 1 unspecified atom stereocenters. The Morgan fingerprint density at radius 2 is 1.85 bits per heavy atom. The quantitative estimate of drug-likeness (QED) is 0.134. The highest BCUT2D eigenvalue weighted by Crippen LogP contribution is 2.16. The first-order chi connectivity index (χ1) is 8.34. The first-order valence-electron chi connectivity index (χ1n) is 5.68. The number of carboxylic acid groups (broad SMARTS) is 1. The highest BCUT2D eigenvalue weighted by atomic mass is 35.5. The topological polar surface area (TPSA) is 154 Å². The summed E-state index contributed by atoms with van der Waals surface area (Å²) in [6.45, 7) is -0.0666. The fraction of sp³-hybridized carbons (Fsp3) is 0.778. The van der Waals surface area contributed by atoms with Crippen molar-refractivity contribution in [1.29, 1.82) is 0 Å². The molecule has 0 saturated heterocycles. The lowest BCUT2D eigenvalue weighted by atomic mass is 9.82. The number of likely N-dealkylation sites (N-methyl/N-ethyl adjacent to an activating group) is 1. The predicted molar refractivity (Wildman–Crippen MR) is 83.4 cm³/mol. The van der Waals surface area contributed by atoms with Gasteiger partial charge in [-0.25, -0.2) is 0 Å². The summed E-state index contributed by atoms with van der Waals surface area (Å²) in [6, 6.07) is 0. The van der Waals surface area contributed by atoms with Gasteiger partial charge in [-0.3, -0.25) is 9.79 Å². The number of carboxylic acids is 1. The number of halogens is 2. The molecule has 0 fully saturated rings. The van der Waals surface area contributed by atoms with E-state index in [0.29, 0.717) is 19.3 Å². The summed E-state index contributed by atoms with van der Waals surface area (Å²) >= 11 is 0. The lowest BCUT2D eigenvalue weighted by Crippen LogP contribution is -2.53. The van der Waals surface area contributed by atoms with Crippen molar-refractivity contribution in [2.75, 3.05) is 13.6 Å². The first kappa shape index (κ1) is 24.3. The first-order valence-corrected chi connectivity index (χ1v) is 5.68. The van der Waals surface area contributed by atoms with Crippen LogP contribution in [0.1, 0.15) is 19.3 Å². The Labute approximate surface area is 131 Å². The lowest BCUT2D eigenvalue weighted by molar-refractivity contribution is -0.144. The van der Waals surface area contributed by atoms with Gasteiger partial charge in [-0.2, -0.15) is 0 Å². The molecule has 1 atom stereocenters. The number of hydrogen-bond acceptors (Lipinski definition) is 5. The van der Waals surface area contributed by atoms with Gasteiger partial charge in [0.05, 0.1) is 6.54 Å². The molecule has 20 heavy (non-hydrogen) atoms. The molecular formula is C9H23BCl2N4O4. The molecule has 0 aromatic carbocycles. The molecule has 0 aliphatic carbocycles. The van der Waals surface area contributed by atoms with E-state index >= 15 is 0 Å². The molecule has 8 nitrogen and oxygen atoms in total. The molecule has 0 aromatic rings. The fourth-order valence-electron chi connectivity index (χ4n) is 1.54. The molecule has 11 heteroatoms. The Morgan fingerprint density at radius 1 is 1.30 bits per heavy atom. The summed E-state index contributed by atoms with van der Waals surface area (Å²) in [7, 11) is 0.161. The average Bonchev–Trinajstić information content (AvgIpc) is 2.27. The number of nitrogens with one attached hydrogen (secondary N) is 1. The molecule has 0 saturated carbocycles. The minimum atomic E-state index is -1.36. The molecule has 120 valence electrons. The van der Waals surface area contributed by atoms with Crippen LogP contribution in [-0.2, 0) is 4.79 Å². The maximum Gasteiger partial charge on any atom is 0.451 e. The van der Waals surface area contributed by atoms with Gasteiger partial charge in [0.25, 0.3) is 0 Å². The van der Waals surface area contributed by atoms with Gasteiger partial charge in [0.15, 0.2) is 5.96 Å². The Bertz CT molecular complexity index is 306. The van der Waals surface area contributed by atoms with Crippen LogP contribution in [0.25, 0.3) is 0 Å². The van der Waals surface area contributed by atoms with Gasteiger partial charge in [0.1, 0.15) is 5.54 Å². The number of aliphatic imine (C=N–C) groups is 1. The van der Waals surface area contributed by atoms with Crippen molar-refractivity contribution in [2.24, 2.45) is 16.5 Å².